The molecule has 104 valence electrons. The summed E-state index contributed by atoms with van der Waals surface area (Å²) in [5, 5.41) is 3.32. The van der Waals surface area contributed by atoms with Crippen LogP contribution in [0.1, 0.15) is 19.8 Å². The van der Waals surface area contributed by atoms with E-state index in [2.05, 4.69) is 14.6 Å². The molecule has 1 spiro atoms. The van der Waals surface area contributed by atoms with Crippen molar-refractivity contribution < 1.29 is 14.3 Å². The molecule has 0 aromatic heterocycles. The highest BCUT2D eigenvalue weighted by Crippen LogP contribution is 2.45. The molecular weight excluding hydrogens is 263 g/mol. The van der Waals surface area contributed by atoms with Crippen LogP contribution >= 0.6 is 9.24 Å². The first-order chi connectivity index (χ1) is 9.06. The number of hydrogen-bond acceptors (Lipinski definition) is 4. The Hall–Kier alpha value is -0.930. The fourth-order valence-corrected chi connectivity index (χ4v) is 3.96. The fraction of sp³-hybridized carbons (Fsp3) is 0.692. The van der Waals surface area contributed by atoms with E-state index in [9.17, 15) is 9.59 Å². The number of cyclic esters (lactones) is 1. The number of nitrogens with zero attached hydrogens (tertiary/aromatic N) is 1. The summed E-state index contributed by atoms with van der Waals surface area (Å²) in [6, 6.07) is 0. The molecule has 6 heteroatoms. The molecular formula is C13H19N2O3P. The highest BCUT2D eigenvalue weighted by Gasteiger charge is 2.52. The van der Waals surface area contributed by atoms with E-state index in [1.165, 1.54) is 0 Å². The van der Waals surface area contributed by atoms with Crippen LogP contribution < -0.4 is 5.32 Å². The molecule has 0 bridgehead atoms. The molecule has 3 rings (SSSR count). The Kier molecular flexibility index (Phi) is 3.14. The van der Waals surface area contributed by atoms with Crippen molar-refractivity contribution in [3.05, 3.63) is 11.3 Å². The van der Waals surface area contributed by atoms with Gasteiger partial charge in [-0.05, 0) is 26.3 Å². The van der Waals surface area contributed by atoms with Crippen LogP contribution in [-0.4, -0.2) is 48.7 Å². The smallest absolute Gasteiger partial charge is 0.336 e. The molecule has 3 atom stereocenters. The molecule has 0 saturated carbocycles. The first kappa shape index (κ1) is 13.1. The quantitative estimate of drug-likeness (QED) is 0.554. The number of carbonyl (C=O) groups is 2. The van der Waals surface area contributed by atoms with Crippen molar-refractivity contribution in [1.82, 2.24) is 10.2 Å². The average molecular weight is 282 g/mol. The lowest BCUT2D eigenvalue weighted by molar-refractivity contribution is -0.138. The summed E-state index contributed by atoms with van der Waals surface area (Å²) < 4.78 is 5.02. The average Bonchev–Trinajstić information content (AvgIpc) is 2.88. The van der Waals surface area contributed by atoms with Crippen LogP contribution in [-0.2, 0) is 14.3 Å². The molecule has 3 unspecified atom stereocenters. The van der Waals surface area contributed by atoms with Gasteiger partial charge in [0.05, 0.1) is 16.7 Å². The van der Waals surface area contributed by atoms with Crippen molar-refractivity contribution >= 4 is 21.1 Å². The van der Waals surface area contributed by atoms with Crippen molar-refractivity contribution in [2.75, 3.05) is 26.2 Å². The Balaban J connectivity index is 1.88. The largest absolute Gasteiger partial charge is 0.456 e. The molecule has 3 aliphatic rings. The third kappa shape index (κ3) is 1.83. The summed E-state index contributed by atoms with van der Waals surface area (Å²) in [6.45, 7) is 4.43. The Morgan fingerprint density at radius 1 is 1.42 bits per heavy atom. The van der Waals surface area contributed by atoms with Crippen LogP contribution in [0.3, 0.4) is 0 Å². The van der Waals surface area contributed by atoms with E-state index in [4.69, 9.17) is 4.74 Å². The van der Waals surface area contributed by atoms with Crippen LogP contribution in [0.2, 0.25) is 0 Å². The SMILES string of the molecule is CC1=C(N2CCC3(CCNCC3P)C2=O)COC1=O. The van der Waals surface area contributed by atoms with E-state index in [0.29, 0.717) is 12.1 Å². The van der Waals surface area contributed by atoms with Gasteiger partial charge in [0, 0.05) is 18.7 Å². The minimum atomic E-state index is -0.295. The first-order valence-corrected chi connectivity index (χ1v) is 7.38. The maximum Gasteiger partial charge on any atom is 0.336 e. The van der Waals surface area contributed by atoms with E-state index in [1.807, 2.05) is 0 Å². The number of rotatable bonds is 1. The Morgan fingerprint density at radius 3 is 2.84 bits per heavy atom. The zero-order valence-corrected chi connectivity index (χ0v) is 12.2. The maximum absolute atomic E-state index is 12.8. The molecule has 0 aromatic rings. The third-order valence-corrected chi connectivity index (χ3v) is 5.55. The first-order valence-electron chi connectivity index (χ1n) is 6.71. The lowest BCUT2D eigenvalue weighted by Crippen LogP contribution is -2.50. The standard InChI is InChI=1S/C13H19N2O3P/c1-8-9(7-18-11(8)16)15-5-3-13(12(15)17)2-4-14-6-10(13)19/h10,14H,2-7,19H2,1H3. The summed E-state index contributed by atoms with van der Waals surface area (Å²) in [5.41, 5.74) is 1.34. The topological polar surface area (TPSA) is 58.6 Å². The van der Waals surface area contributed by atoms with E-state index in [-0.39, 0.29) is 29.6 Å². The summed E-state index contributed by atoms with van der Waals surface area (Å²) in [7, 11) is 2.81. The second kappa shape index (κ2) is 4.57. The van der Waals surface area contributed by atoms with Crippen molar-refractivity contribution in [2.24, 2.45) is 5.41 Å². The van der Waals surface area contributed by atoms with Crippen LogP contribution in [0.15, 0.2) is 11.3 Å². The predicted octanol–water partition coefficient (Wildman–Crippen LogP) is 0.273. The van der Waals surface area contributed by atoms with Crippen LogP contribution in [0.4, 0.5) is 0 Å². The molecule has 3 aliphatic heterocycles. The van der Waals surface area contributed by atoms with Crippen molar-refractivity contribution in [1.29, 1.82) is 0 Å². The zero-order chi connectivity index (χ0) is 13.6. The Bertz CT molecular complexity index is 477. The van der Waals surface area contributed by atoms with E-state index in [1.54, 1.807) is 11.8 Å². The lowest BCUT2D eigenvalue weighted by atomic mass is 9.77. The minimum Gasteiger partial charge on any atom is -0.456 e. The molecule has 19 heavy (non-hydrogen) atoms. The minimum absolute atomic E-state index is 0.168. The molecule has 5 nitrogen and oxygen atoms in total. The zero-order valence-electron chi connectivity index (χ0n) is 11.1. The number of amides is 1. The number of piperidine rings is 1. The second-order valence-electron chi connectivity index (χ2n) is 5.57. The van der Waals surface area contributed by atoms with Gasteiger partial charge < -0.3 is 15.0 Å². The highest BCUT2D eigenvalue weighted by atomic mass is 31.0. The predicted molar refractivity (Wildman–Crippen MR) is 73.4 cm³/mol. The van der Waals surface area contributed by atoms with Gasteiger partial charge in [0.15, 0.2) is 0 Å². The van der Waals surface area contributed by atoms with Gasteiger partial charge in [-0.25, -0.2) is 4.79 Å². The molecule has 2 fully saturated rings. The van der Waals surface area contributed by atoms with Gasteiger partial charge in [-0.2, -0.15) is 0 Å². The van der Waals surface area contributed by atoms with Gasteiger partial charge in [-0.3, -0.25) is 4.79 Å². The number of ether oxygens (including phenoxy) is 1. The van der Waals surface area contributed by atoms with Gasteiger partial charge in [-0.15, -0.1) is 9.24 Å². The molecule has 0 radical (unpaired) electrons. The molecule has 0 aromatic carbocycles. The van der Waals surface area contributed by atoms with Crippen molar-refractivity contribution in [3.8, 4) is 0 Å². The molecule has 1 amide bonds. The van der Waals surface area contributed by atoms with Gasteiger partial charge in [-0.1, -0.05) is 0 Å². The summed E-state index contributed by atoms with van der Waals surface area (Å²) in [6.07, 6.45) is 1.74. The van der Waals surface area contributed by atoms with Crippen LogP contribution in [0.25, 0.3) is 0 Å². The van der Waals surface area contributed by atoms with Crippen LogP contribution in [0, 0.1) is 5.41 Å². The Morgan fingerprint density at radius 2 is 2.21 bits per heavy atom. The number of likely N-dealkylation sites (tertiary alicyclic amines) is 1. The van der Waals surface area contributed by atoms with Gasteiger partial charge >= 0.3 is 5.97 Å². The molecule has 2 saturated heterocycles. The summed E-state index contributed by atoms with van der Waals surface area (Å²) in [5.74, 6) is -0.127. The van der Waals surface area contributed by atoms with Crippen molar-refractivity contribution in [3.63, 3.8) is 0 Å². The lowest BCUT2D eigenvalue weighted by Gasteiger charge is -2.38. The molecule has 3 heterocycles. The third-order valence-electron chi connectivity index (χ3n) is 4.68. The fourth-order valence-electron chi connectivity index (χ4n) is 3.32. The normalized spacial score (nSPS) is 35.5. The van der Waals surface area contributed by atoms with Crippen LogP contribution in [0.5, 0.6) is 0 Å². The highest BCUT2D eigenvalue weighted by molar-refractivity contribution is 7.17. The summed E-state index contributed by atoms with van der Waals surface area (Å²) >= 11 is 0. The number of nitrogens with one attached hydrogen (secondary N) is 1. The maximum atomic E-state index is 12.8. The Labute approximate surface area is 114 Å². The van der Waals surface area contributed by atoms with Gasteiger partial charge in [0.1, 0.15) is 6.61 Å². The number of hydrogen-bond donors (Lipinski definition) is 1. The van der Waals surface area contributed by atoms with Gasteiger partial charge in [0.2, 0.25) is 5.91 Å². The van der Waals surface area contributed by atoms with E-state index >= 15 is 0 Å². The monoisotopic (exact) mass is 282 g/mol. The summed E-state index contributed by atoms with van der Waals surface area (Å²) in [4.78, 5) is 26.0. The number of esters is 1. The molecule has 1 N–H and O–H groups in total. The molecule has 0 aliphatic carbocycles. The van der Waals surface area contributed by atoms with E-state index in [0.717, 1.165) is 31.6 Å². The van der Waals surface area contributed by atoms with Gasteiger partial charge in [0.25, 0.3) is 0 Å². The number of carbonyl (C=O) groups excluding carboxylic acids is 2. The van der Waals surface area contributed by atoms with Crippen molar-refractivity contribution in [2.45, 2.75) is 25.4 Å². The van der Waals surface area contributed by atoms with E-state index < -0.39 is 0 Å². The second-order valence-corrected chi connectivity index (χ2v) is 6.38.